The monoisotopic (exact) mass is 1810 g/mol. The van der Waals surface area contributed by atoms with E-state index in [0.717, 1.165) is 23.7 Å². The lowest BCUT2D eigenvalue weighted by atomic mass is 9.92. The maximum Gasteiger partial charge on any atom is 0.309 e. The van der Waals surface area contributed by atoms with Crippen molar-refractivity contribution in [3.05, 3.63) is 251 Å². The number of carbonyl (C=O) groups is 3. The molecule has 2 aliphatic rings. The summed E-state index contributed by atoms with van der Waals surface area (Å²) in [5.74, 6) is -0.468. The molecule has 0 heterocycles. The molecule has 2 aliphatic carbocycles. The molecular formula is C114H175N4O11P. The highest BCUT2D eigenvalue weighted by Gasteiger charge is 2.44. The van der Waals surface area contributed by atoms with Crippen LogP contribution in [0.4, 0.5) is 0 Å². The predicted molar refractivity (Wildman–Crippen MR) is 540 cm³/mol. The summed E-state index contributed by atoms with van der Waals surface area (Å²) in [5.41, 5.74) is 8.40. The van der Waals surface area contributed by atoms with Gasteiger partial charge in [-0.05, 0) is 258 Å². The summed E-state index contributed by atoms with van der Waals surface area (Å²) in [6.07, 6.45) is 15.5. The van der Waals surface area contributed by atoms with Crippen molar-refractivity contribution >= 4 is 25.0 Å². The van der Waals surface area contributed by atoms with Gasteiger partial charge >= 0.3 is 17.9 Å². The first-order valence-corrected chi connectivity index (χ1v) is 51.4. The number of rotatable bonds is 38. The summed E-state index contributed by atoms with van der Waals surface area (Å²) in [6, 6.07) is 71.6. The minimum absolute atomic E-state index is 0.0438. The zero-order valence-corrected chi connectivity index (χ0v) is 87.0. The van der Waals surface area contributed by atoms with Gasteiger partial charge in [0.1, 0.15) is 29.5 Å². The molecule has 0 amide bonds. The smallest absolute Gasteiger partial charge is 0.309 e. The second-order valence-corrected chi connectivity index (χ2v) is 47.4. The molecular weight excluding hydrogens is 1630 g/mol. The predicted octanol–water partition coefficient (Wildman–Crippen LogP) is 31.2. The number of hydrogen-bond donors (Lipinski definition) is 1. The fourth-order valence-corrected chi connectivity index (χ4v) is 22.6. The number of benzene rings is 7. The van der Waals surface area contributed by atoms with E-state index in [2.05, 4.69) is 305 Å². The molecule has 0 bridgehead atoms. The molecule has 10 unspecified atom stereocenters. The molecule has 16 heteroatoms. The lowest BCUT2D eigenvalue weighted by molar-refractivity contribution is -0.279. The molecule has 7 aromatic rings. The van der Waals surface area contributed by atoms with E-state index in [4.69, 9.17) is 28.8 Å². The SMILES string of the molecule is CC(ON(C(c1ccccc1)C(C)C)C(C)(C)C)c1ccc(CP(=O)(C2CCCCC2)C2CCCCC2)cc1.CCC(CC(=O)OC(C)(C)C)ON(C(c1ccccc1)C(C)C)C(C)(C)C.CCC(CC(ON(C(c1ccccc1)C(C)C)C(C)(C)C)c1ccccc1)C(=O)O.CCC(CC(ON(C(c1ccccc1)C(C)C)C(C)(C)C)c1ccccc1)C(=O)OC(C)(C)C. The van der Waals surface area contributed by atoms with Crippen molar-refractivity contribution < 1.29 is 52.9 Å². The molecule has 1 N–H and O–H groups in total. The highest BCUT2D eigenvalue weighted by molar-refractivity contribution is 7.64. The van der Waals surface area contributed by atoms with Crippen molar-refractivity contribution in [1.82, 2.24) is 20.3 Å². The number of hydroxylamine groups is 8. The van der Waals surface area contributed by atoms with E-state index in [9.17, 15) is 24.1 Å². The Balaban J connectivity index is 0.000000270. The van der Waals surface area contributed by atoms with Crippen molar-refractivity contribution in [3.8, 4) is 0 Å². The molecule has 9 rings (SSSR count). The highest BCUT2D eigenvalue weighted by Crippen LogP contribution is 2.65. The van der Waals surface area contributed by atoms with Gasteiger partial charge in [0.2, 0.25) is 0 Å². The first-order chi connectivity index (χ1) is 60.9. The van der Waals surface area contributed by atoms with Crippen molar-refractivity contribution in [2.24, 2.45) is 35.5 Å². The zero-order valence-electron chi connectivity index (χ0n) is 86.2. The molecule has 2 saturated carbocycles. The summed E-state index contributed by atoms with van der Waals surface area (Å²) in [6.45, 7) is 63.5. The van der Waals surface area contributed by atoms with Crippen LogP contribution in [0.5, 0.6) is 0 Å². The molecule has 130 heavy (non-hydrogen) atoms. The van der Waals surface area contributed by atoms with Gasteiger partial charge in [0.25, 0.3) is 0 Å². The Kier molecular flexibility index (Phi) is 44.7. The Morgan fingerprint density at radius 3 is 0.908 bits per heavy atom. The van der Waals surface area contributed by atoms with E-state index in [0.29, 0.717) is 60.7 Å². The van der Waals surface area contributed by atoms with Gasteiger partial charge in [-0.15, -0.1) is 0 Å². The Morgan fingerprint density at radius 1 is 0.354 bits per heavy atom. The fourth-order valence-electron chi connectivity index (χ4n) is 18.2. The number of carboxylic acid groups (broad SMARTS) is 1. The first-order valence-electron chi connectivity index (χ1n) is 49.4. The molecule has 722 valence electrons. The number of carbonyl (C=O) groups excluding carboxylic acids is 2. The average Bonchev–Trinajstić information content (AvgIpc) is 0.722. The number of hydrogen-bond acceptors (Lipinski definition) is 14. The van der Waals surface area contributed by atoms with Gasteiger partial charge in [0, 0.05) is 39.6 Å². The van der Waals surface area contributed by atoms with E-state index in [1.807, 2.05) is 129 Å². The zero-order chi connectivity index (χ0) is 96.7. The third kappa shape index (κ3) is 35.9. The molecule has 0 saturated heterocycles. The van der Waals surface area contributed by atoms with Crippen LogP contribution in [0, 0.1) is 35.5 Å². The Bertz CT molecular complexity index is 4340. The molecule has 0 aromatic heterocycles. The normalized spacial score (nSPS) is 16.6. The lowest BCUT2D eigenvalue weighted by Gasteiger charge is -2.44. The maximum atomic E-state index is 14.8. The summed E-state index contributed by atoms with van der Waals surface area (Å²) < 4.78 is 26.0. The van der Waals surface area contributed by atoms with E-state index in [1.54, 1.807) is 0 Å². The third-order valence-corrected chi connectivity index (χ3v) is 29.1. The van der Waals surface area contributed by atoms with E-state index >= 15 is 0 Å². The molecule has 0 aliphatic heterocycles. The molecule has 7 aromatic carbocycles. The average molecular weight is 1810 g/mol. The topological polar surface area (TPSA) is 157 Å². The minimum atomic E-state index is -2.27. The van der Waals surface area contributed by atoms with Crippen LogP contribution in [0.25, 0.3) is 0 Å². The first kappa shape index (κ1) is 112. The molecule has 0 spiro atoms. The van der Waals surface area contributed by atoms with Crippen LogP contribution < -0.4 is 0 Å². The largest absolute Gasteiger partial charge is 0.481 e. The standard InChI is InChI=1S/C35H54NO2P.C30H45NO3.C26H37NO3.C23H39NO3/c1-27(2)34(31-16-10-7-11-17-31)36(35(4,5)6)38-28(3)30-24-22-29(23-25-30)26-39(37,32-18-12-8-13-19-32)33-20-14-9-15-21-33;1-10-23(28(32)33-30(7,8)9)21-26(24-17-13-11-14-18-24)34-31(29(4,5)6)27(22(2)3)25-19-15-12-16-20-25;1-7-20(25(28)29)18-23(21-14-10-8-11-15-21)30-27(26(4,5)6)24(19(2)3)22-16-12-9-13-17-22;1-10-19(16-20(25)26-23(7,8)9)27-24(22(4,5)6)21(17(2)3)18-14-12-11-13-15-18/h7,10-11,16-17,22-25,27-28,32-34H,8-9,12-15,18-21,26H2,1-6H3;11-20,22-23,26-27H,10,21H2,1-9H3;8-17,19-20,23-24H,7,18H2,1-6H3,(H,28,29);11-15,17,19,21H,10,16H2,1-9H3. The molecule has 2 fully saturated rings. The summed E-state index contributed by atoms with van der Waals surface area (Å²) in [5, 5.41) is 18.2. The van der Waals surface area contributed by atoms with Gasteiger partial charge in [-0.25, -0.2) is 0 Å². The number of aliphatic carboxylic acids is 1. The van der Waals surface area contributed by atoms with Crippen LogP contribution >= 0.6 is 7.14 Å². The van der Waals surface area contributed by atoms with Gasteiger partial charge in [-0.3, -0.25) is 33.7 Å². The van der Waals surface area contributed by atoms with Crippen LogP contribution in [0.3, 0.4) is 0 Å². The lowest BCUT2D eigenvalue weighted by Crippen LogP contribution is -2.48. The van der Waals surface area contributed by atoms with Crippen LogP contribution in [0.2, 0.25) is 0 Å². The Morgan fingerprint density at radius 2 is 0.638 bits per heavy atom. The van der Waals surface area contributed by atoms with Crippen molar-refractivity contribution in [2.75, 3.05) is 0 Å². The van der Waals surface area contributed by atoms with Crippen LogP contribution in [-0.4, -0.2) is 94.0 Å². The van der Waals surface area contributed by atoms with Crippen molar-refractivity contribution in [2.45, 2.75) is 410 Å². The Labute approximate surface area is 789 Å². The number of esters is 2. The third-order valence-electron chi connectivity index (χ3n) is 24.7. The quantitative estimate of drug-likeness (QED) is 0.0221. The van der Waals surface area contributed by atoms with Crippen LogP contribution in [0.15, 0.2) is 206 Å². The van der Waals surface area contributed by atoms with Gasteiger partial charge in [-0.1, -0.05) is 321 Å². The van der Waals surface area contributed by atoms with Crippen molar-refractivity contribution in [1.29, 1.82) is 0 Å². The second kappa shape index (κ2) is 52.1. The van der Waals surface area contributed by atoms with Crippen LogP contribution in [0.1, 0.15) is 397 Å². The summed E-state index contributed by atoms with van der Waals surface area (Å²) in [7, 11) is -2.27. The van der Waals surface area contributed by atoms with Gasteiger partial charge in [0.15, 0.2) is 0 Å². The fraction of sp³-hybridized carbons (Fsp3) is 0.605. The van der Waals surface area contributed by atoms with E-state index < -0.39 is 30.2 Å². The van der Waals surface area contributed by atoms with E-state index in [1.165, 1.54) is 97.6 Å². The van der Waals surface area contributed by atoms with Crippen LogP contribution in [-0.2, 0) is 53.9 Å². The second-order valence-electron chi connectivity index (χ2n) is 44.0. The molecule has 15 nitrogen and oxygen atoms in total. The number of nitrogens with zero attached hydrogens (tertiary/aromatic N) is 4. The van der Waals surface area contributed by atoms with E-state index in [-0.39, 0.29) is 95.0 Å². The van der Waals surface area contributed by atoms with Gasteiger partial charge in [0.05, 0.1) is 55.7 Å². The van der Waals surface area contributed by atoms with Crippen molar-refractivity contribution in [3.63, 3.8) is 0 Å². The van der Waals surface area contributed by atoms with Gasteiger partial charge < -0.3 is 19.1 Å². The highest BCUT2D eigenvalue weighted by atomic mass is 31.2. The summed E-state index contributed by atoms with van der Waals surface area (Å²) in [4.78, 5) is 64.0. The minimum Gasteiger partial charge on any atom is -0.481 e. The van der Waals surface area contributed by atoms with Gasteiger partial charge in [-0.2, -0.15) is 20.3 Å². The maximum absolute atomic E-state index is 14.8. The Hall–Kier alpha value is -7.14. The molecule has 0 radical (unpaired) electrons. The summed E-state index contributed by atoms with van der Waals surface area (Å²) >= 11 is 0. The molecule has 10 atom stereocenters. The number of ether oxygens (including phenoxy) is 2. The number of carboxylic acids is 1.